The maximum atomic E-state index is 12.4. The molecule has 2 heterocycles. The number of piperidine rings is 1. The van der Waals surface area contributed by atoms with Crippen LogP contribution in [0.1, 0.15) is 53.0 Å². The third-order valence-corrected chi connectivity index (χ3v) is 4.63. The Labute approximate surface area is 161 Å². The molecule has 0 radical (unpaired) electrons. The molecule has 0 saturated carbocycles. The molecule has 6 nitrogen and oxygen atoms in total. The van der Waals surface area contributed by atoms with E-state index in [-0.39, 0.29) is 24.4 Å². The van der Waals surface area contributed by atoms with Gasteiger partial charge in [-0.05, 0) is 58.7 Å². The van der Waals surface area contributed by atoms with Gasteiger partial charge in [-0.1, -0.05) is 34.5 Å². The van der Waals surface area contributed by atoms with Gasteiger partial charge in [0.2, 0.25) is 0 Å². The summed E-state index contributed by atoms with van der Waals surface area (Å²) in [6.07, 6.45) is 4.62. The minimum absolute atomic E-state index is 0. The Hall–Kier alpha value is -1.92. The number of aryl methyl sites for hydroxylation is 2. The molecule has 2 aromatic rings. The number of nitrogens with zero attached hydrogens (tertiary/aromatic N) is 3. The molecule has 1 aliphatic heterocycles. The number of carbonyl (C=O) groups is 1. The number of carbonyl (C=O) groups excluding carboxylic acids is 1. The van der Waals surface area contributed by atoms with Crippen molar-refractivity contribution in [2.24, 2.45) is 0 Å². The molecule has 1 atom stereocenters. The van der Waals surface area contributed by atoms with Crippen molar-refractivity contribution in [1.29, 1.82) is 0 Å². The van der Waals surface area contributed by atoms with Crippen LogP contribution in [-0.4, -0.2) is 40.0 Å². The third-order valence-electron chi connectivity index (χ3n) is 4.63. The molecular weight excluding hydrogens is 350 g/mol. The highest BCUT2D eigenvalue weighted by Gasteiger charge is 2.19. The highest BCUT2D eigenvalue weighted by Crippen LogP contribution is 2.17. The molecular formula is C19H28ClN5O. The van der Waals surface area contributed by atoms with E-state index in [0.29, 0.717) is 11.7 Å². The Morgan fingerprint density at radius 3 is 2.58 bits per heavy atom. The Morgan fingerprint density at radius 2 is 1.92 bits per heavy atom. The second kappa shape index (κ2) is 9.14. The second-order valence-corrected chi connectivity index (χ2v) is 7.14. The van der Waals surface area contributed by atoms with Crippen LogP contribution >= 0.6 is 12.4 Å². The minimum atomic E-state index is -0.156. The largest absolute Gasteiger partial charge is 0.348 e. The summed E-state index contributed by atoms with van der Waals surface area (Å²) in [6, 6.07) is 6.87. The first kappa shape index (κ1) is 20.4. The number of amides is 1. The molecule has 1 aromatic heterocycles. The van der Waals surface area contributed by atoms with Gasteiger partial charge in [-0.2, -0.15) is 0 Å². The van der Waals surface area contributed by atoms with E-state index < -0.39 is 0 Å². The number of halogens is 1. The van der Waals surface area contributed by atoms with E-state index in [0.717, 1.165) is 32.4 Å². The lowest BCUT2D eigenvalue weighted by atomic mass is 10.0. The summed E-state index contributed by atoms with van der Waals surface area (Å²) in [5.41, 5.74) is 4.13. The highest BCUT2D eigenvalue weighted by molar-refractivity contribution is 5.92. The van der Waals surface area contributed by atoms with Gasteiger partial charge < -0.3 is 10.6 Å². The maximum absolute atomic E-state index is 12.4. The molecule has 2 N–H and O–H groups in total. The quantitative estimate of drug-likeness (QED) is 0.840. The van der Waals surface area contributed by atoms with Crippen molar-refractivity contribution in [2.45, 2.75) is 52.1 Å². The SMILES string of the molecule is Cc1cc(C)cc(CC(C)NC(=O)c2cn(C3CCNCC3)nn2)c1.Cl. The van der Waals surface area contributed by atoms with Crippen molar-refractivity contribution in [2.75, 3.05) is 13.1 Å². The van der Waals surface area contributed by atoms with Crippen LogP contribution in [0, 0.1) is 13.8 Å². The number of rotatable bonds is 5. The first-order chi connectivity index (χ1) is 12.0. The van der Waals surface area contributed by atoms with Gasteiger partial charge in [-0.15, -0.1) is 17.5 Å². The predicted octanol–water partition coefficient (Wildman–Crippen LogP) is 2.60. The molecule has 0 aliphatic carbocycles. The Morgan fingerprint density at radius 1 is 1.27 bits per heavy atom. The molecule has 142 valence electrons. The van der Waals surface area contributed by atoms with E-state index in [9.17, 15) is 4.79 Å². The molecule has 1 aliphatic rings. The maximum Gasteiger partial charge on any atom is 0.273 e. The number of aromatic nitrogens is 3. The van der Waals surface area contributed by atoms with Crippen molar-refractivity contribution >= 4 is 18.3 Å². The zero-order valence-corrected chi connectivity index (χ0v) is 16.5. The van der Waals surface area contributed by atoms with Crippen LogP contribution in [0.3, 0.4) is 0 Å². The Balaban J connectivity index is 0.00000243. The zero-order valence-electron chi connectivity index (χ0n) is 15.7. The first-order valence-electron chi connectivity index (χ1n) is 9.02. The van der Waals surface area contributed by atoms with E-state index in [4.69, 9.17) is 0 Å². The van der Waals surface area contributed by atoms with Crippen LogP contribution in [0.25, 0.3) is 0 Å². The zero-order chi connectivity index (χ0) is 17.8. The molecule has 1 unspecified atom stereocenters. The van der Waals surface area contributed by atoms with Gasteiger partial charge in [0.1, 0.15) is 0 Å². The fourth-order valence-electron chi connectivity index (χ4n) is 3.52. The van der Waals surface area contributed by atoms with Crippen LogP contribution in [-0.2, 0) is 6.42 Å². The van der Waals surface area contributed by atoms with E-state index in [1.54, 1.807) is 6.20 Å². The standard InChI is InChI=1S/C19H27N5O.ClH/c1-13-8-14(2)10-16(9-13)11-15(3)21-19(25)18-12-24(23-22-18)17-4-6-20-7-5-17;/h8-10,12,15,17,20H,4-7,11H2,1-3H3,(H,21,25);1H. The number of hydrogen-bond acceptors (Lipinski definition) is 4. The van der Waals surface area contributed by atoms with Crippen LogP contribution in [0.5, 0.6) is 0 Å². The van der Waals surface area contributed by atoms with Crippen LogP contribution in [0.2, 0.25) is 0 Å². The molecule has 3 rings (SSSR count). The summed E-state index contributed by atoms with van der Waals surface area (Å²) < 4.78 is 1.84. The monoisotopic (exact) mass is 377 g/mol. The van der Waals surface area contributed by atoms with Crippen molar-refractivity contribution in [3.8, 4) is 0 Å². The van der Waals surface area contributed by atoms with Crippen molar-refractivity contribution in [3.05, 3.63) is 46.8 Å². The Kier molecular flexibility index (Phi) is 7.17. The molecule has 1 aromatic carbocycles. The number of hydrogen-bond donors (Lipinski definition) is 2. The lowest BCUT2D eigenvalue weighted by Gasteiger charge is -2.22. The summed E-state index contributed by atoms with van der Waals surface area (Å²) >= 11 is 0. The Bertz CT molecular complexity index is 719. The fraction of sp³-hybridized carbons (Fsp3) is 0.526. The fourth-order valence-corrected chi connectivity index (χ4v) is 3.52. The van der Waals surface area contributed by atoms with E-state index >= 15 is 0 Å². The van der Waals surface area contributed by atoms with Crippen molar-refractivity contribution < 1.29 is 4.79 Å². The smallest absolute Gasteiger partial charge is 0.273 e. The summed E-state index contributed by atoms with van der Waals surface area (Å²) in [7, 11) is 0. The van der Waals surface area contributed by atoms with E-state index in [1.165, 1.54) is 16.7 Å². The average molecular weight is 378 g/mol. The molecule has 1 fully saturated rings. The van der Waals surface area contributed by atoms with E-state index in [1.807, 2.05) is 11.6 Å². The first-order valence-corrected chi connectivity index (χ1v) is 9.02. The summed E-state index contributed by atoms with van der Waals surface area (Å²) in [5, 5.41) is 14.6. The van der Waals surface area contributed by atoms with Crippen molar-refractivity contribution in [3.63, 3.8) is 0 Å². The minimum Gasteiger partial charge on any atom is -0.348 e. The molecule has 1 amide bonds. The second-order valence-electron chi connectivity index (χ2n) is 7.14. The molecule has 26 heavy (non-hydrogen) atoms. The van der Waals surface area contributed by atoms with E-state index in [2.05, 4.69) is 53.0 Å². The highest BCUT2D eigenvalue weighted by atomic mass is 35.5. The predicted molar refractivity (Wildman–Crippen MR) is 105 cm³/mol. The van der Waals surface area contributed by atoms with Gasteiger partial charge in [0.05, 0.1) is 12.2 Å². The van der Waals surface area contributed by atoms with Crippen LogP contribution < -0.4 is 10.6 Å². The average Bonchev–Trinajstić information content (AvgIpc) is 3.04. The normalized spacial score (nSPS) is 16.0. The van der Waals surface area contributed by atoms with Gasteiger partial charge in [0.15, 0.2) is 5.69 Å². The molecule has 7 heteroatoms. The number of benzene rings is 1. The summed E-state index contributed by atoms with van der Waals surface area (Å²) in [4.78, 5) is 12.4. The third kappa shape index (κ3) is 5.29. The van der Waals surface area contributed by atoms with Gasteiger partial charge in [-0.3, -0.25) is 4.79 Å². The van der Waals surface area contributed by atoms with Gasteiger partial charge in [0.25, 0.3) is 5.91 Å². The summed E-state index contributed by atoms with van der Waals surface area (Å²) in [5.74, 6) is -0.156. The molecule has 1 saturated heterocycles. The lowest BCUT2D eigenvalue weighted by Crippen LogP contribution is -2.34. The number of nitrogens with one attached hydrogen (secondary N) is 2. The van der Waals surface area contributed by atoms with Crippen molar-refractivity contribution in [1.82, 2.24) is 25.6 Å². The lowest BCUT2D eigenvalue weighted by molar-refractivity contribution is 0.0935. The van der Waals surface area contributed by atoms with Crippen LogP contribution in [0.4, 0.5) is 0 Å². The molecule has 0 spiro atoms. The van der Waals surface area contributed by atoms with Gasteiger partial charge >= 0.3 is 0 Å². The van der Waals surface area contributed by atoms with Gasteiger partial charge in [-0.25, -0.2) is 4.68 Å². The summed E-state index contributed by atoms with van der Waals surface area (Å²) in [6.45, 7) is 8.18. The van der Waals surface area contributed by atoms with Gasteiger partial charge in [0, 0.05) is 6.04 Å². The van der Waals surface area contributed by atoms with Crippen LogP contribution in [0.15, 0.2) is 24.4 Å². The topological polar surface area (TPSA) is 71.8 Å². The molecule has 0 bridgehead atoms.